The van der Waals surface area contributed by atoms with Crippen molar-refractivity contribution >= 4 is 23.5 Å². The molecule has 1 heterocycles. The molecule has 0 aromatic heterocycles. The van der Waals surface area contributed by atoms with Gasteiger partial charge in [-0.3, -0.25) is 38.8 Å². The van der Waals surface area contributed by atoms with Crippen LogP contribution in [0.4, 0.5) is 0 Å². The Morgan fingerprint density at radius 1 is 0.625 bits per heavy atom. The number of carboxylic acid groups (broad SMARTS) is 2. The molecule has 1 rings (SSSR count). The summed E-state index contributed by atoms with van der Waals surface area (Å²) in [6.07, 6.45) is 1.40. The van der Waals surface area contributed by atoms with E-state index in [2.05, 4.69) is 0 Å². The number of nitrogens with zero attached hydrogens (tertiary/aromatic N) is 4. The first-order valence-electron chi connectivity index (χ1n) is 11.4. The van der Waals surface area contributed by atoms with Crippen LogP contribution < -0.4 is 0 Å². The van der Waals surface area contributed by atoms with Crippen LogP contribution in [0.2, 0.25) is 0 Å². The summed E-state index contributed by atoms with van der Waals surface area (Å²) in [5.74, 6) is -1.67. The largest absolute Gasteiger partial charge is 0.480 e. The molecular weight excluding hydrogens is 416 g/mol. The molecule has 1 saturated heterocycles. The molecule has 0 aromatic carbocycles. The van der Waals surface area contributed by atoms with Gasteiger partial charge in [0.2, 0.25) is 0 Å². The monoisotopic (exact) mass is 456 g/mol. The third kappa shape index (κ3) is 12.8. The number of aliphatic carboxylic acids is 2. The Balaban J connectivity index is 2.93. The van der Waals surface area contributed by atoms with E-state index in [9.17, 15) is 29.4 Å². The molecule has 0 amide bonds. The number of ketones is 2. The number of carbonyl (C=O) groups excluding carboxylic acids is 2. The molecule has 0 aromatic rings. The highest BCUT2D eigenvalue weighted by Crippen LogP contribution is 2.05. The lowest BCUT2D eigenvalue weighted by molar-refractivity contribution is -0.139. The fourth-order valence-electron chi connectivity index (χ4n) is 3.78. The number of Topliss-reactive ketones (excluding diaryl/α,β-unsaturated/α-hetero) is 2. The van der Waals surface area contributed by atoms with Crippen LogP contribution in [0.3, 0.4) is 0 Å². The van der Waals surface area contributed by atoms with Gasteiger partial charge in [0, 0.05) is 45.2 Å². The second-order valence-electron chi connectivity index (χ2n) is 8.92. The Bertz CT molecular complexity index is 628. The van der Waals surface area contributed by atoms with Gasteiger partial charge in [0.25, 0.3) is 0 Å². The molecule has 184 valence electrons. The molecule has 0 spiro atoms. The maximum Gasteiger partial charge on any atom is 0.317 e. The molecule has 32 heavy (non-hydrogen) atoms. The summed E-state index contributed by atoms with van der Waals surface area (Å²) in [6, 6.07) is 0. The first kappa shape index (κ1) is 28.2. The van der Waals surface area contributed by atoms with E-state index in [1.54, 1.807) is 0 Å². The highest BCUT2D eigenvalue weighted by Gasteiger charge is 2.19. The second kappa shape index (κ2) is 15.0. The van der Waals surface area contributed by atoms with Gasteiger partial charge in [-0.05, 0) is 32.9 Å². The number of carbonyl (C=O) groups is 4. The average molecular weight is 457 g/mol. The fraction of sp³-hybridized carbons (Fsp3) is 0.818. The second-order valence-corrected chi connectivity index (χ2v) is 8.92. The van der Waals surface area contributed by atoms with Gasteiger partial charge in [0.1, 0.15) is 11.6 Å². The van der Waals surface area contributed by atoms with Crippen molar-refractivity contribution in [2.45, 2.75) is 33.6 Å². The maximum absolute atomic E-state index is 12.3. The summed E-state index contributed by atoms with van der Waals surface area (Å²) in [5.41, 5.74) is 0. The first-order valence-corrected chi connectivity index (χ1v) is 11.4. The summed E-state index contributed by atoms with van der Waals surface area (Å²) in [7, 11) is 0. The number of hydrogen-bond acceptors (Lipinski definition) is 8. The van der Waals surface area contributed by atoms with E-state index in [0.29, 0.717) is 78.3 Å². The minimum absolute atomic E-state index is 0.0451. The lowest BCUT2D eigenvalue weighted by Gasteiger charge is -2.31. The Morgan fingerprint density at radius 3 is 1.28 bits per heavy atom. The average Bonchev–Trinajstić information content (AvgIpc) is 2.67. The van der Waals surface area contributed by atoms with E-state index >= 15 is 0 Å². The van der Waals surface area contributed by atoms with Crippen molar-refractivity contribution in [1.82, 2.24) is 19.6 Å². The fourth-order valence-corrected chi connectivity index (χ4v) is 3.78. The molecule has 0 saturated carbocycles. The van der Waals surface area contributed by atoms with Crippen molar-refractivity contribution in [3.8, 4) is 0 Å². The Kier molecular flexibility index (Phi) is 13.2. The zero-order valence-electron chi connectivity index (χ0n) is 19.8. The molecule has 2 N–H and O–H groups in total. The van der Waals surface area contributed by atoms with Crippen LogP contribution in [-0.4, -0.2) is 132 Å². The van der Waals surface area contributed by atoms with Crippen LogP contribution >= 0.6 is 0 Å². The molecule has 0 bridgehead atoms. The molecular formula is C22H40N4O6. The molecule has 0 radical (unpaired) electrons. The highest BCUT2D eigenvalue weighted by molar-refractivity contribution is 5.82. The van der Waals surface area contributed by atoms with E-state index in [1.807, 2.05) is 33.4 Å². The third-order valence-electron chi connectivity index (χ3n) is 5.55. The van der Waals surface area contributed by atoms with Gasteiger partial charge in [0.15, 0.2) is 0 Å². The lowest BCUT2D eigenvalue weighted by Crippen LogP contribution is -2.44. The Labute approximate surface area is 191 Å². The minimum atomic E-state index is -0.889. The van der Waals surface area contributed by atoms with Crippen molar-refractivity contribution in [3.05, 3.63) is 0 Å². The van der Waals surface area contributed by atoms with Gasteiger partial charge in [-0.1, -0.05) is 13.8 Å². The standard InChI is InChI=1S/C22H40N4O6/c1-18(2)20(28)15-24-7-5-9-25(16-21(29)30)12-10-23(14-19(3)27)6-4-8-26(13-11-24)17-22(31)32/h18H,4-17H2,1-3H3,(H,29,30)(H,31,32). The Morgan fingerprint density at radius 2 is 0.969 bits per heavy atom. The number of hydrogen-bond donors (Lipinski definition) is 2. The van der Waals surface area contributed by atoms with Crippen LogP contribution in [0.5, 0.6) is 0 Å². The zero-order valence-corrected chi connectivity index (χ0v) is 19.8. The van der Waals surface area contributed by atoms with E-state index < -0.39 is 11.9 Å². The van der Waals surface area contributed by atoms with Crippen LogP contribution in [0.25, 0.3) is 0 Å². The molecule has 10 heteroatoms. The SMILES string of the molecule is CC(=O)CN1CCCN(CC(=O)O)CCN(CC(=O)C(C)C)CCCN(CC(=O)O)CC1. The normalized spacial score (nSPS) is 19.5. The molecule has 1 aliphatic heterocycles. The van der Waals surface area contributed by atoms with Gasteiger partial charge in [0.05, 0.1) is 26.2 Å². The van der Waals surface area contributed by atoms with Crippen molar-refractivity contribution in [3.63, 3.8) is 0 Å². The predicted molar refractivity (Wildman–Crippen MR) is 121 cm³/mol. The molecule has 1 fully saturated rings. The molecule has 1 aliphatic rings. The summed E-state index contributed by atoms with van der Waals surface area (Å²) in [5, 5.41) is 18.5. The zero-order chi connectivity index (χ0) is 24.1. The van der Waals surface area contributed by atoms with Gasteiger partial charge < -0.3 is 10.2 Å². The van der Waals surface area contributed by atoms with Gasteiger partial charge in [-0.2, -0.15) is 0 Å². The van der Waals surface area contributed by atoms with Crippen molar-refractivity contribution in [2.24, 2.45) is 5.92 Å². The first-order chi connectivity index (χ1) is 15.1. The van der Waals surface area contributed by atoms with Crippen molar-refractivity contribution in [1.29, 1.82) is 0 Å². The van der Waals surface area contributed by atoms with E-state index in [0.717, 1.165) is 0 Å². The van der Waals surface area contributed by atoms with Crippen LogP contribution in [0, 0.1) is 5.92 Å². The van der Waals surface area contributed by atoms with Gasteiger partial charge in [-0.15, -0.1) is 0 Å². The summed E-state index contributed by atoms with van der Waals surface area (Å²) in [4.78, 5) is 54.4. The van der Waals surface area contributed by atoms with Gasteiger partial charge >= 0.3 is 11.9 Å². The third-order valence-corrected chi connectivity index (χ3v) is 5.55. The predicted octanol–water partition coefficient (Wildman–Crippen LogP) is -0.0285. The summed E-state index contributed by atoms with van der Waals surface area (Å²) < 4.78 is 0. The lowest BCUT2D eigenvalue weighted by atomic mass is 10.1. The summed E-state index contributed by atoms with van der Waals surface area (Å²) in [6.45, 7) is 10.4. The molecule has 0 atom stereocenters. The Hall–Kier alpha value is -1.88. The maximum atomic E-state index is 12.3. The topological polar surface area (TPSA) is 122 Å². The number of rotatable bonds is 9. The van der Waals surface area contributed by atoms with Crippen LogP contribution in [0.15, 0.2) is 0 Å². The molecule has 0 unspecified atom stereocenters. The molecule has 10 nitrogen and oxygen atoms in total. The summed E-state index contributed by atoms with van der Waals surface area (Å²) >= 11 is 0. The molecule has 0 aliphatic carbocycles. The quantitative estimate of drug-likeness (QED) is 0.489. The van der Waals surface area contributed by atoms with Crippen molar-refractivity contribution < 1.29 is 29.4 Å². The van der Waals surface area contributed by atoms with E-state index in [1.165, 1.54) is 6.92 Å². The van der Waals surface area contributed by atoms with Crippen LogP contribution in [0.1, 0.15) is 33.6 Å². The smallest absolute Gasteiger partial charge is 0.317 e. The minimum Gasteiger partial charge on any atom is -0.480 e. The van der Waals surface area contributed by atoms with Crippen LogP contribution in [-0.2, 0) is 19.2 Å². The highest BCUT2D eigenvalue weighted by atomic mass is 16.4. The van der Waals surface area contributed by atoms with E-state index in [4.69, 9.17) is 0 Å². The van der Waals surface area contributed by atoms with Crippen molar-refractivity contribution in [2.75, 3.05) is 78.5 Å². The number of carboxylic acids is 2. The van der Waals surface area contributed by atoms with E-state index in [-0.39, 0.29) is 30.6 Å². The van der Waals surface area contributed by atoms with Gasteiger partial charge in [-0.25, -0.2) is 0 Å².